The Morgan fingerprint density at radius 3 is 2.86 bits per heavy atom. The van der Waals surface area contributed by atoms with Crippen molar-refractivity contribution in [1.82, 2.24) is 4.98 Å². The van der Waals surface area contributed by atoms with E-state index in [0.717, 1.165) is 0 Å². The second kappa shape index (κ2) is 4.68. The van der Waals surface area contributed by atoms with Gasteiger partial charge in [-0.05, 0) is 25.0 Å². The monoisotopic (exact) mass is 187 g/mol. The first-order valence-corrected chi connectivity index (χ1v) is 5.02. The van der Waals surface area contributed by atoms with Gasteiger partial charge in [-0.25, -0.2) is 9.98 Å². The molecule has 72 valence electrons. The quantitative estimate of drug-likeness (QED) is 0.656. The summed E-state index contributed by atoms with van der Waals surface area (Å²) in [6, 6.07) is 8.80. The predicted octanol–water partition coefficient (Wildman–Crippen LogP) is 2.83. The lowest BCUT2D eigenvalue weighted by Gasteiger charge is -1.94. The summed E-state index contributed by atoms with van der Waals surface area (Å²) in [5.41, 5.74) is 0. The molecule has 1 aliphatic carbocycles. The van der Waals surface area contributed by atoms with Crippen molar-refractivity contribution in [2.75, 3.05) is 0 Å². The topological polar surface area (TPSA) is 37.6 Å². The van der Waals surface area contributed by atoms with E-state index in [4.69, 9.17) is 0 Å². The molecule has 0 aromatic carbocycles. The smallest absolute Gasteiger partial charge is 0.163 e. The van der Waals surface area contributed by atoms with E-state index in [1.807, 2.05) is 18.2 Å². The van der Waals surface area contributed by atoms with E-state index in [2.05, 4.69) is 21.0 Å². The highest BCUT2D eigenvalue weighted by Gasteiger charge is 2.12. The first-order valence-electron chi connectivity index (χ1n) is 5.02. The van der Waals surface area contributed by atoms with Gasteiger partial charge in [0.05, 0.1) is 12.1 Å². The second-order valence-electron chi connectivity index (χ2n) is 3.47. The molecule has 0 radical (unpaired) electrons. The number of aromatic nitrogens is 1. The second-order valence-corrected chi connectivity index (χ2v) is 3.47. The van der Waals surface area contributed by atoms with Crippen LogP contribution in [0.3, 0.4) is 0 Å². The zero-order valence-corrected chi connectivity index (χ0v) is 8.06. The minimum absolute atomic E-state index is 0.447. The largest absolute Gasteiger partial charge is 0.236 e. The Bertz CT molecular complexity index is 333. The Balaban J connectivity index is 1.99. The number of hydrogen-bond acceptors (Lipinski definition) is 3. The molecule has 14 heavy (non-hydrogen) atoms. The third kappa shape index (κ3) is 2.51. The highest BCUT2D eigenvalue weighted by Crippen LogP contribution is 2.20. The van der Waals surface area contributed by atoms with E-state index in [1.165, 1.54) is 25.7 Å². The molecule has 1 saturated carbocycles. The van der Waals surface area contributed by atoms with E-state index in [1.54, 1.807) is 6.20 Å². The Morgan fingerprint density at radius 1 is 1.29 bits per heavy atom. The zero-order valence-electron chi connectivity index (χ0n) is 8.06. The highest BCUT2D eigenvalue weighted by molar-refractivity contribution is 5.49. The molecule has 0 spiro atoms. The first kappa shape index (κ1) is 9.10. The lowest BCUT2D eigenvalue weighted by atomic mass is 10.3. The number of nitrogens with zero attached hydrogens (tertiary/aromatic N) is 3. The Hall–Kier alpha value is -1.47. The van der Waals surface area contributed by atoms with Crippen LogP contribution in [0.25, 0.3) is 0 Å². The van der Waals surface area contributed by atoms with E-state index >= 15 is 0 Å². The maximum Gasteiger partial charge on any atom is 0.163 e. The molecule has 0 amide bonds. The summed E-state index contributed by atoms with van der Waals surface area (Å²) in [6.45, 7) is 0. The molecule has 3 heteroatoms. The SMILES string of the molecule is C(=Nc1ccccn1)=NC1CCCC1. The molecule has 1 aromatic rings. The molecule has 1 heterocycles. The molecule has 0 aliphatic heterocycles. The minimum Gasteiger partial charge on any atom is -0.236 e. The predicted molar refractivity (Wildman–Crippen MR) is 56.0 cm³/mol. The van der Waals surface area contributed by atoms with Crippen LogP contribution in [0.2, 0.25) is 0 Å². The maximum atomic E-state index is 4.26. The molecule has 1 fully saturated rings. The number of aliphatic imine (C=N–C) groups is 2. The average Bonchev–Trinajstić information content (AvgIpc) is 2.72. The number of pyridine rings is 1. The number of hydrogen-bond donors (Lipinski definition) is 0. The Morgan fingerprint density at radius 2 is 2.14 bits per heavy atom. The van der Waals surface area contributed by atoms with Crippen molar-refractivity contribution in [3.8, 4) is 0 Å². The average molecular weight is 187 g/mol. The third-order valence-electron chi connectivity index (χ3n) is 2.38. The molecule has 0 atom stereocenters. The minimum atomic E-state index is 0.447. The zero-order chi connectivity index (χ0) is 9.64. The number of rotatable bonds is 2. The van der Waals surface area contributed by atoms with E-state index in [0.29, 0.717) is 11.9 Å². The van der Waals surface area contributed by atoms with Crippen LogP contribution in [0.1, 0.15) is 25.7 Å². The van der Waals surface area contributed by atoms with Gasteiger partial charge in [-0.15, -0.1) is 0 Å². The summed E-state index contributed by atoms with van der Waals surface area (Å²) in [5, 5.41) is 0. The summed E-state index contributed by atoms with van der Waals surface area (Å²) < 4.78 is 0. The van der Waals surface area contributed by atoms with Crippen LogP contribution in [-0.4, -0.2) is 17.0 Å². The third-order valence-corrected chi connectivity index (χ3v) is 2.38. The van der Waals surface area contributed by atoms with Gasteiger partial charge in [-0.1, -0.05) is 18.9 Å². The van der Waals surface area contributed by atoms with Crippen molar-refractivity contribution >= 4 is 11.8 Å². The van der Waals surface area contributed by atoms with E-state index in [-0.39, 0.29) is 0 Å². The fraction of sp³-hybridized carbons (Fsp3) is 0.455. The van der Waals surface area contributed by atoms with Gasteiger partial charge in [-0.3, -0.25) is 0 Å². The van der Waals surface area contributed by atoms with Gasteiger partial charge in [0.2, 0.25) is 0 Å². The lowest BCUT2D eigenvalue weighted by molar-refractivity contribution is 0.710. The van der Waals surface area contributed by atoms with Crippen LogP contribution in [0.15, 0.2) is 34.4 Å². The van der Waals surface area contributed by atoms with Crippen LogP contribution < -0.4 is 0 Å². The van der Waals surface area contributed by atoms with Crippen LogP contribution in [-0.2, 0) is 0 Å². The fourth-order valence-corrected chi connectivity index (χ4v) is 1.61. The fourth-order valence-electron chi connectivity index (χ4n) is 1.61. The molecular formula is C11H13N3. The van der Waals surface area contributed by atoms with Crippen molar-refractivity contribution in [1.29, 1.82) is 0 Å². The molecule has 0 saturated heterocycles. The van der Waals surface area contributed by atoms with Crippen LogP contribution in [0, 0.1) is 0 Å². The van der Waals surface area contributed by atoms with Crippen molar-refractivity contribution in [2.45, 2.75) is 31.7 Å². The van der Waals surface area contributed by atoms with E-state index in [9.17, 15) is 0 Å². The molecule has 0 N–H and O–H groups in total. The van der Waals surface area contributed by atoms with E-state index < -0.39 is 0 Å². The van der Waals surface area contributed by atoms with Gasteiger partial charge < -0.3 is 0 Å². The van der Waals surface area contributed by atoms with Gasteiger partial charge >= 0.3 is 0 Å². The molecular weight excluding hydrogens is 174 g/mol. The van der Waals surface area contributed by atoms with Crippen molar-refractivity contribution in [2.24, 2.45) is 9.98 Å². The molecule has 0 bridgehead atoms. The summed E-state index contributed by atoms with van der Waals surface area (Å²) in [6.07, 6.45) is 6.67. The first-order chi connectivity index (χ1) is 6.95. The summed E-state index contributed by atoms with van der Waals surface area (Å²) >= 11 is 0. The Labute approximate surface area is 83.6 Å². The van der Waals surface area contributed by atoms with Gasteiger partial charge in [0.1, 0.15) is 0 Å². The van der Waals surface area contributed by atoms with Crippen LogP contribution in [0.4, 0.5) is 5.82 Å². The molecule has 1 aromatic heterocycles. The lowest BCUT2D eigenvalue weighted by Crippen LogP contribution is -1.93. The maximum absolute atomic E-state index is 4.26. The van der Waals surface area contributed by atoms with Gasteiger partial charge in [0.25, 0.3) is 0 Å². The van der Waals surface area contributed by atoms with Gasteiger partial charge in [0, 0.05) is 6.20 Å². The van der Waals surface area contributed by atoms with Gasteiger partial charge in [0.15, 0.2) is 5.82 Å². The Kier molecular flexibility index (Phi) is 3.04. The van der Waals surface area contributed by atoms with Crippen molar-refractivity contribution in [3.63, 3.8) is 0 Å². The molecule has 0 unspecified atom stereocenters. The normalized spacial score (nSPS) is 16.3. The van der Waals surface area contributed by atoms with Crippen molar-refractivity contribution < 1.29 is 0 Å². The summed E-state index contributed by atoms with van der Waals surface area (Å²) in [4.78, 5) is 12.4. The molecule has 2 rings (SSSR count). The molecule has 3 nitrogen and oxygen atoms in total. The van der Waals surface area contributed by atoms with Gasteiger partial charge in [-0.2, -0.15) is 4.99 Å². The summed E-state index contributed by atoms with van der Waals surface area (Å²) in [7, 11) is 0. The van der Waals surface area contributed by atoms with Crippen molar-refractivity contribution in [3.05, 3.63) is 24.4 Å². The molecule has 1 aliphatic rings. The van der Waals surface area contributed by atoms with Crippen LogP contribution in [0.5, 0.6) is 0 Å². The summed E-state index contributed by atoms with van der Waals surface area (Å²) in [5.74, 6) is 0.675. The standard InChI is InChI=1S/C11H13N3/c1-2-6-10(5-1)13-9-14-11-7-3-4-8-12-11/h3-4,7-8,10H,1-2,5-6H2. The van der Waals surface area contributed by atoms with Crippen LogP contribution >= 0.6 is 0 Å². The highest BCUT2D eigenvalue weighted by atomic mass is 14.9.